The van der Waals surface area contributed by atoms with Gasteiger partial charge in [-0.1, -0.05) is 19.9 Å². The summed E-state index contributed by atoms with van der Waals surface area (Å²) in [6.45, 7) is 4.12. The monoisotopic (exact) mass is 272 g/mol. The molecule has 0 spiro atoms. The SMILES string of the molecule is CCC(CC)N(CCO)c1ccc(CN)c(F)c1F. The number of rotatable bonds is 7. The summed E-state index contributed by atoms with van der Waals surface area (Å²) in [6, 6.07) is 3.11. The average Bonchev–Trinajstić information content (AvgIpc) is 2.42. The molecule has 0 amide bonds. The summed E-state index contributed by atoms with van der Waals surface area (Å²) in [5.74, 6) is -1.78. The molecule has 0 radical (unpaired) electrons. The number of anilines is 1. The molecule has 0 unspecified atom stereocenters. The van der Waals surface area contributed by atoms with Crippen molar-refractivity contribution in [2.75, 3.05) is 18.1 Å². The van der Waals surface area contributed by atoms with E-state index in [-0.39, 0.29) is 37.0 Å². The lowest BCUT2D eigenvalue weighted by molar-refractivity contribution is 0.295. The third kappa shape index (κ3) is 3.42. The second-order valence-electron chi connectivity index (χ2n) is 4.46. The van der Waals surface area contributed by atoms with Crippen LogP contribution in [-0.2, 0) is 6.54 Å². The molecule has 1 aromatic carbocycles. The molecule has 0 atom stereocenters. The van der Waals surface area contributed by atoms with Crippen LogP contribution in [0, 0.1) is 11.6 Å². The van der Waals surface area contributed by atoms with Crippen molar-refractivity contribution in [3.8, 4) is 0 Å². The number of nitrogens with two attached hydrogens (primary N) is 1. The van der Waals surface area contributed by atoms with E-state index in [1.165, 1.54) is 12.1 Å². The van der Waals surface area contributed by atoms with Gasteiger partial charge in [0.2, 0.25) is 0 Å². The molecule has 0 aromatic heterocycles. The molecule has 0 saturated heterocycles. The number of hydrogen-bond donors (Lipinski definition) is 2. The van der Waals surface area contributed by atoms with Crippen LogP contribution < -0.4 is 10.6 Å². The van der Waals surface area contributed by atoms with Gasteiger partial charge in [0.1, 0.15) is 0 Å². The van der Waals surface area contributed by atoms with Gasteiger partial charge in [-0.3, -0.25) is 0 Å². The van der Waals surface area contributed by atoms with Crippen molar-refractivity contribution >= 4 is 5.69 Å². The van der Waals surface area contributed by atoms with E-state index >= 15 is 0 Å². The van der Waals surface area contributed by atoms with Crippen molar-refractivity contribution in [2.24, 2.45) is 5.73 Å². The Balaban J connectivity index is 3.19. The van der Waals surface area contributed by atoms with Crippen LogP contribution in [0.15, 0.2) is 12.1 Å². The highest BCUT2D eigenvalue weighted by molar-refractivity contribution is 5.51. The number of aliphatic hydroxyl groups excluding tert-OH is 1. The van der Waals surface area contributed by atoms with E-state index in [0.717, 1.165) is 12.8 Å². The lowest BCUT2D eigenvalue weighted by Crippen LogP contribution is -2.37. The normalized spacial score (nSPS) is 11.1. The summed E-state index contributed by atoms with van der Waals surface area (Å²) in [5, 5.41) is 9.12. The highest BCUT2D eigenvalue weighted by Crippen LogP contribution is 2.27. The molecule has 19 heavy (non-hydrogen) atoms. The molecule has 3 nitrogen and oxygen atoms in total. The molecule has 5 heteroatoms. The van der Waals surface area contributed by atoms with Crippen LogP contribution in [0.2, 0.25) is 0 Å². The lowest BCUT2D eigenvalue weighted by Gasteiger charge is -2.32. The van der Waals surface area contributed by atoms with Crippen LogP contribution in [0.3, 0.4) is 0 Å². The summed E-state index contributed by atoms with van der Waals surface area (Å²) in [7, 11) is 0. The summed E-state index contributed by atoms with van der Waals surface area (Å²) in [6.07, 6.45) is 1.60. The highest BCUT2D eigenvalue weighted by Gasteiger charge is 2.21. The number of benzene rings is 1. The summed E-state index contributed by atoms with van der Waals surface area (Å²) >= 11 is 0. The van der Waals surface area contributed by atoms with E-state index in [0.29, 0.717) is 0 Å². The van der Waals surface area contributed by atoms with Crippen LogP contribution in [0.25, 0.3) is 0 Å². The van der Waals surface area contributed by atoms with Crippen molar-refractivity contribution in [1.82, 2.24) is 0 Å². The predicted octanol–water partition coefficient (Wildman–Crippen LogP) is 2.41. The van der Waals surface area contributed by atoms with Gasteiger partial charge in [0.25, 0.3) is 0 Å². The zero-order chi connectivity index (χ0) is 14.4. The van der Waals surface area contributed by atoms with Crippen molar-refractivity contribution in [1.29, 1.82) is 0 Å². The first-order valence-electron chi connectivity index (χ1n) is 6.65. The fourth-order valence-corrected chi connectivity index (χ4v) is 2.30. The first-order valence-corrected chi connectivity index (χ1v) is 6.65. The van der Waals surface area contributed by atoms with Crippen LogP contribution in [-0.4, -0.2) is 24.3 Å². The second kappa shape index (κ2) is 7.40. The van der Waals surface area contributed by atoms with Crippen LogP contribution >= 0.6 is 0 Å². The van der Waals surface area contributed by atoms with Crippen molar-refractivity contribution in [3.05, 3.63) is 29.3 Å². The minimum absolute atomic E-state index is 0.0337. The van der Waals surface area contributed by atoms with E-state index < -0.39 is 11.6 Å². The Morgan fingerprint density at radius 2 is 1.84 bits per heavy atom. The second-order valence-corrected chi connectivity index (χ2v) is 4.46. The molecule has 0 fully saturated rings. The highest BCUT2D eigenvalue weighted by atomic mass is 19.2. The number of hydrogen-bond acceptors (Lipinski definition) is 3. The zero-order valence-electron chi connectivity index (χ0n) is 11.5. The third-order valence-corrected chi connectivity index (χ3v) is 3.40. The van der Waals surface area contributed by atoms with E-state index in [4.69, 9.17) is 10.8 Å². The maximum atomic E-state index is 14.1. The fraction of sp³-hybridized carbons (Fsp3) is 0.571. The molecule has 3 N–H and O–H groups in total. The van der Waals surface area contributed by atoms with E-state index in [1.807, 2.05) is 13.8 Å². The van der Waals surface area contributed by atoms with Gasteiger partial charge in [0.05, 0.1) is 12.3 Å². The molecule has 108 valence electrons. The molecular formula is C14H22F2N2O. The van der Waals surface area contributed by atoms with E-state index in [9.17, 15) is 8.78 Å². The maximum Gasteiger partial charge on any atom is 0.182 e. The van der Waals surface area contributed by atoms with Crippen molar-refractivity contribution in [2.45, 2.75) is 39.3 Å². The largest absolute Gasteiger partial charge is 0.395 e. The smallest absolute Gasteiger partial charge is 0.182 e. The van der Waals surface area contributed by atoms with Crippen molar-refractivity contribution in [3.63, 3.8) is 0 Å². The Kier molecular flexibility index (Phi) is 6.18. The molecule has 0 heterocycles. The summed E-state index contributed by atoms with van der Waals surface area (Å²) in [5.41, 5.74) is 5.71. The summed E-state index contributed by atoms with van der Waals surface area (Å²) in [4.78, 5) is 1.72. The molecule has 1 aromatic rings. The lowest BCUT2D eigenvalue weighted by atomic mass is 10.1. The zero-order valence-corrected chi connectivity index (χ0v) is 11.5. The van der Waals surface area contributed by atoms with Crippen molar-refractivity contribution < 1.29 is 13.9 Å². The van der Waals surface area contributed by atoms with Gasteiger partial charge in [-0.05, 0) is 18.9 Å². The van der Waals surface area contributed by atoms with Gasteiger partial charge in [-0.15, -0.1) is 0 Å². The molecule has 0 bridgehead atoms. The summed E-state index contributed by atoms with van der Waals surface area (Å²) < 4.78 is 27.9. The van der Waals surface area contributed by atoms with Gasteiger partial charge >= 0.3 is 0 Å². The molecule has 0 aliphatic rings. The van der Waals surface area contributed by atoms with E-state index in [2.05, 4.69) is 0 Å². The molecule has 1 rings (SSSR count). The first kappa shape index (κ1) is 15.9. The third-order valence-electron chi connectivity index (χ3n) is 3.40. The van der Waals surface area contributed by atoms with E-state index in [1.54, 1.807) is 4.90 Å². The molecule has 0 saturated carbocycles. The first-order chi connectivity index (χ1) is 9.10. The Hall–Kier alpha value is -1.20. The molecule has 0 aliphatic carbocycles. The maximum absolute atomic E-state index is 14.1. The number of halogens is 2. The quantitative estimate of drug-likeness (QED) is 0.801. The number of aliphatic hydroxyl groups is 1. The Bertz CT molecular complexity index is 409. The van der Waals surface area contributed by atoms with Gasteiger partial charge in [-0.25, -0.2) is 8.78 Å². The molecular weight excluding hydrogens is 250 g/mol. The van der Waals surface area contributed by atoms with Crippen LogP contribution in [0.5, 0.6) is 0 Å². The van der Waals surface area contributed by atoms with Gasteiger partial charge < -0.3 is 15.7 Å². The molecule has 0 aliphatic heterocycles. The Morgan fingerprint density at radius 3 is 2.32 bits per heavy atom. The van der Waals surface area contributed by atoms with Gasteiger partial charge in [0, 0.05) is 24.7 Å². The Morgan fingerprint density at radius 1 is 1.21 bits per heavy atom. The van der Waals surface area contributed by atoms with Gasteiger partial charge in [0.15, 0.2) is 11.6 Å². The van der Waals surface area contributed by atoms with Crippen LogP contribution in [0.4, 0.5) is 14.5 Å². The predicted molar refractivity (Wildman–Crippen MR) is 73.1 cm³/mol. The minimum atomic E-state index is -0.895. The Labute approximate surface area is 113 Å². The number of nitrogens with zero attached hydrogens (tertiary/aromatic N) is 1. The van der Waals surface area contributed by atoms with Crippen LogP contribution in [0.1, 0.15) is 32.3 Å². The van der Waals surface area contributed by atoms with Gasteiger partial charge in [-0.2, -0.15) is 0 Å². The fourth-order valence-electron chi connectivity index (χ4n) is 2.30. The topological polar surface area (TPSA) is 49.5 Å². The average molecular weight is 272 g/mol. The standard InChI is InChI=1S/C14H22F2N2O/c1-3-11(4-2)18(7-8-19)12-6-5-10(9-17)13(15)14(12)16/h5-6,11,19H,3-4,7-9,17H2,1-2H3. The minimum Gasteiger partial charge on any atom is -0.395 e.